The van der Waals surface area contributed by atoms with Crippen molar-refractivity contribution in [3.05, 3.63) is 0 Å². The van der Waals surface area contributed by atoms with E-state index in [1.165, 1.54) is 28.4 Å². The summed E-state index contributed by atoms with van der Waals surface area (Å²) >= 11 is 11.7. The van der Waals surface area contributed by atoms with Crippen molar-refractivity contribution in [2.45, 2.75) is 222 Å². The van der Waals surface area contributed by atoms with E-state index in [1.807, 2.05) is 13.8 Å². The van der Waals surface area contributed by atoms with Gasteiger partial charge in [0, 0.05) is 87.6 Å². The SMILES string of the molecule is COP(=O)(OCC1OC(C)CC1OP(=O)(OC)OCC1OC(C)CC1OP(=S)(OC)OCC1OC(C)CC1OP(=S)(OC)OCC1OC(C)CC1OP(=O)(OC)OCC1OC(C)CC1OP(=O)(OC)OCC1OC(C)CC1O)OC1CC(C)OC1CO. The second-order valence-electron chi connectivity index (χ2n) is 22.2. The van der Waals surface area contributed by atoms with E-state index in [9.17, 15) is 28.5 Å². The zero-order chi connectivity index (χ0) is 63.7. The number of hydrogen-bond donors (Lipinski definition) is 2. The van der Waals surface area contributed by atoms with Gasteiger partial charge in [-0.25, -0.2) is 18.3 Å². The van der Waals surface area contributed by atoms with Crippen molar-refractivity contribution in [1.29, 1.82) is 0 Å². The van der Waals surface area contributed by atoms with Gasteiger partial charge in [0.25, 0.3) is 0 Å². The van der Waals surface area contributed by atoms with Crippen LogP contribution in [0.5, 0.6) is 0 Å². The molecule has 7 fully saturated rings. The van der Waals surface area contributed by atoms with Crippen LogP contribution < -0.4 is 0 Å². The highest BCUT2D eigenvalue weighted by atomic mass is 32.5. The first kappa shape index (κ1) is 75.5. The minimum absolute atomic E-state index is 0.171. The lowest BCUT2D eigenvalue weighted by Gasteiger charge is -2.30. The lowest BCUT2D eigenvalue weighted by molar-refractivity contribution is -0.0455. The fourth-order valence-electron chi connectivity index (χ4n) is 10.9. The zero-order valence-corrected chi connectivity index (χ0v) is 58.3. The number of ether oxygens (including phenoxy) is 7. The molecular formula is C48H90O31P6S2. The highest BCUT2D eigenvalue weighted by molar-refractivity contribution is 8.07. The molecule has 7 rings (SSSR count). The zero-order valence-electron chi connectivity index (χ0n) is 51.3. The molecule has 2 N–H and O–H groups in total. The van der Waals surface area contributed by atoms with E-state index in [4.69, 9.17) is 138 Å². The molecule has 510 valence electrons. The van der Waals surface area contributed by atoms with Crippen molar-refractivity contribution >= 4 is 68.3 Å². The van der Waals surface area contributed by atoms with Gasteiger partial charge in [0.05, 0.1) is 107 Å². The van der Waals surface area contributed by atoms with Crippen LogP contribution in [0.3, 0.4) is 0 Å². The summed E-state index contributed by atoms with van der Waals surface area (Å²) in [5.41, 5.74) is 0. The lowest BCUT2D eigenvalue weighted by Crippen LogP contribution is -2.32. The molecule has 27 atom stereocenters. The number of hydrogen-bond acceptors (Lipinski definition) is 33. The van der Waals surface area contributed by atoms with Crippen LogP contribution in [-0.4, -0.2) is 227 Å². The largest absolute Gasteiger partial charge is 0.474 e. The molecule has 7 aliphatic rings. The van der Waals surface area contributed by atoms with Gasteiger partial charge in [0.2, 0.25) is 0 Å². The smallest absolute Gasteiger partial charge is 0.394 e. The molecule has 0 aromatic carbocycles. The average molecular weight is 1410 g/mol. The standard InChI is InChI=1S/C48H90O31P6S2/c1-28-14-35(50)43(68-28)22-61-80(51,55-8)75-37-16-30(3)70-45(37)24-63-82(53,57-10)77-39-18-32(5)72-47(39)26-65-84(86,59-12)79-41-20-34(7)73-48(41)27-66-85(87,60-13)78-40-19-33(6)71-46(40)25-64-83(54,58-11)76-38-17-31(4)69-44(38)23-62-81(52,56-9)74-36-15-29(2)67-42(36)21-49/h28-50H,14-27H2,1-13H3. The molecule has 0 aliphatic carbocycles. The molecular weight excluding hydrogens is 1320 g/mol. The van der Waals surface area contributed by atoms with Gasteiger partial charge in [0.15, 0.2) is 0 Å². The molecule has 0 aromatic heterocycles. The molecule has 39 heteroatoms. The Morgan fingerprint density at radius 2 is 0.552 bits per heavy atom. The van der Waals surface area contributed by atoms with Crippen LogP contribution in [0.15, 0.2) is 0 Å². The third-order valence-corrected chi connectivity index (χ3v) is 25.9. The molecule has 0 spiro atoms. The van der Waals surface area contributed by atoms with Crippen molar-refractivity contribution in [1.82, 2.24) is 0 Å². The molecule has 0 saturated carbocycles. The minimum Gasteiger partial charge on any atom is -0.394 e. The van der Waals surface area contributed by atoms with E-state index >= 15 is 0 Å². The van der Waals surface area contributed by atoms with Gasteiger partial charge < -0.3 is 70.5 Å². The first-order valence-corrected chi connectivity index (χ1v) is 39.8. The molecule has 7 aliphatic heterocycles. The first-order chi connectivity index (χ1) is 41.0. The second kappa shape index (κ2) is 33.4. The third kappa shape index (κ3) is 21.6. The summed E-state index contributed by atoms with van der Waals surface area (Å²) in [6.07, 6.45) is -11.6. The van der Waals surface area contributed by atoms with Crippen LogP contribution in [0.2, 0.25) is 0 Å². The fourth-order valence-corrected chi connectivity index (χ4v) is 18.7. The fraction of sp³-hybridized carbons (Fsp3) is 1.00. The third-order valence-electron chi connectivity index (χ3n) is 15.2. The molecule has 87 heavy (non-hydrogen) atoms. The Kier molecular flexibility index (Phi) is 29.0. The van der Waals surface area contributed by atoms with Crippen molar-refractivity contribution < 1.29 is 143 Å². The van der Waals surface area contributed by atoms with E-state index in [0.717, 1.165) is 14.2 Å². The van der Waals surface area contributed by atoms with Crippen molar-refractivity contribution in [3.8, 4) is 0 Å². The summed E-state index contributed by atoms with van der Waals surface area (Å²) in [7, 11) is -9.69. The summed E-state index contributed by atoms with van der Waals surface area (Å²) in [5, 5.41) is 20.0. The van der Waals surface area contributed by atoms with Crippen LogP contribution in [0, 0.1) is 0 Å². The summed E-state index contributed by atoms with van der Waals surface area (Å²) < 4.78 is 201. The molecule has 0 aromatic rings. The molecule has 7 saturated heterocycles. The van der Waals surface area contributed by atoms with E-state index in [-0.39, 0.29) is 102 Å². The molecule has 31 nitrogen and oxygen atoms in total. The topological polar surface area (TPSA) is 339 Å². The summed E-state index contributed by atoms with van der Waals surface area (Å²) in [6.45, 7) is 3.41. The Morgan fingerprint density at radius 1 is 0.333 bits per heavy atom. The van der Waals surface area contributed by atoms with Gasteiger partial charge in [0.1, 0.15) is 67.1 Å². The molecule has 0 amide bonds. The quantitative estimate of drug-likeness (QED) is 0.0561. The van der Waals surface area contributed by atoms with Crippen LogP contribution >= 0.6 is 44.7 Å². The van der Waals surface area contributed by atoms with Gasteiger partial charge >= 0.3 is 44.7 Å². The van der Waals surface area contributed by atoms with E-state index < -0.39 is 136 Å². The van der Waals surface area contributed by atoms with Gasteiger partial charge in [-0.3, -0.25) is 54.3 Å². The number of rotatable bonds is 37. The molecule has 0 radical (unpaired) electrons. The van der Waals surface area contributed by atoms with Crippen LogP contribution in [0.25, 0.3) is 0 Å². The van der Waals surface area contributed by atoms with Gasteiger partial charge in [-0.05, 0) is 72.1 Å². The predicted octanol–water partition coefficient (Wildman–Crippen LogP) is 7.75. The number of aliphatic hydroxyl groups excluding tert-OH is 2. The Labute approximate surface area is 519 Å². The first-order valence-electron chi connectivity index (χ1n) is 28.8. The lowest BCUT2D eigenvalue weighted by atomic mass is 10.1. The Hall–Kier alpha value is 1.14. The summed E-state index contributed by atoms with van der Waals surface area (Å²) in [4.78, 5) is 0. The van der Waals surface area contributed by atoms with Crippen molar-refractivity contribution in [2.75, 3.05) is 88.9 Å². The predicted molar refractivity (Wildman–Crippen MR) is 312 cm³/mol. The minimum atomic E-state index is -4.34. The Morgan fingerprint density at radius 3 is 0.793 bits per heavy atom. The van der Waals surface area contributed by atoms with Crippen LogP contribution in [-0.2, 0) is 156 Å². The highest BCUT2D eigenvalue weighted by Crippen LogP contribution is 2.59. The average Bonchev–Trinajstić information content (AvgIpc) is 2.89. The van der Waals surface area contributed by atoms with E-state index in [0.29, 0.717) is 25.7 Å². The molecule has 7 heterocycles. The number of phosphoric ester groups is 4. The molecule has 27 unspecified atom stereocenters. The highest BCUT2D eigenvalue weighted by Gasteiger charge is 2.50. The molecule has 0 bridgehead atoms. The number of aliphatic hydroxyl groups is 2. The summed E-state index contributed by atoms with van der Waals surface area (Å²) in [6, 6.07) is 0. The number of phosphoric acid groups is 4. The normalized spacial score (nSPS) is 40.7. The Bertz CT molecular complexity index is 2460. The monoisotopic (exact) mass is 1410 g/mol. The van der Waals surface area contributed by atoms with Crippen molar-refractivity contribution in [2.24, 2.45) is 0 Å². The van der Waals surface area contributed by atoms with Gasteiger partial charge in [-0.2, -0.15) is 0 Å². The van der Waals surface area contributed by atoms with Crippen molar-refractivity contribution in [3.63, 3.8) is 0 Å². The van der Waals surface area contributed by atoms with Crippen LogP contribution in [0.1, 0.15) is 93.4 Å². The maximum absolute atomic E-state index is 14.1. The van der Waals surface area contributed by atoms with Gasteiger partial charge in [-0.15, -0.1) is 0 Å². The maximum atomic E-state index is 14.1. The van der Waals surface area contributed by atoms with Gasteiger partial charge in [-0.1, -0.05) is 0 Å². The van der Waals surface area contributed by atoms with E-state index in [1.54, 1.807) is 34.6 Å². The second-order valence-corrected chi connectivity index (χ2v) is 35.3. The Balaban J connectivity index is 0.888. The maximum Gasteiger partial charge on any atom is 0.474 e. The summed E-state index contributed by atoms with van der Waals surface area (Å²) in [5.74, 6) is 0. The van der Waals surface area contributed by atoms with Crippen LogP contribution in [0.4, 0.5) is 0 Å². The van der Waals surface area contributed by atoms with E-state index in [2.05, 4.69) is 0 Å².